The van der Waals surface area contributed by atoms with Crippen LogP contribution < -0.4 is 16.0 Å². The van der Waals surface area contributed by atoms with Crippen LogP contribution in [0.5, 0.6) is 0 Å². The SMILES string of the molecule is O=C(CNC(=O)c1ccc(Cl)cc1Cl)NCC(=O)Nc1ccccc1F. The number of hydrogen-bond donors (Lipinski definition) is 3. The monoisotopic (exact) mass is 397 g/mol. The van der Waals surface area contributed by atoms with Crippen molar-refractivity contribution in [1.29, 1.82) is 0 Å². The molecule has 3 N–H and O–H groups in total. The summed E-state index contributed by atoms with van der Waals surface area (Å²) in [5.41, 5.74) is 0.179. The molecule has 0 spiro atoms. The Morgan fingerprint density at radius 3 is 2.31 bits per heavy atom. The van der Waals surface area contributed by atoms with Crippen LogP contribution in [0, 0.1) is 5.82 Å². The molecule has 3 amide bonds. The third-order valence-electron chi connectivity index (χ3n) is 3.18. The Kier molecular flexibility index (Phi) is 6.94. The van der Waals surface area contributed by atoms with Gasteiger partial charge in [-0.3, -0.25) is 14.4 Å². The van der Waals surface area contributed by atoms with E-state index < -0.39 is 23.5 Å². The number of halogens is 3. The van der Waals surface area contributed by atoms with Crippen LogP contribution in [0.1, 0.15) is 10.4 Å². The van der Waals surface area contributed by atoms with E-state index in [0.717, 1.165) is 0 Å². The smallest absolute Gasteiger partial charge is 0.253 e. The van der Waals surface area contributed by atoms with E-state index in [0.29, 0.717) is 5.02 Å². The molecule has 0 saturated heterocycles. The molecule has 0 bridgehead atoms. The van der Waals surface area contributed by atoms with Crippen molar-refractivity contribution in [3.05, 3.63) is 63.9 Å². The zero-order chi connectivity index (χ0) is 19.1. The lowest BCUT2D eigenvalue weighted by Gasteiger charge is -2.09. The van der Waals surface area contributed by atoms with Crippen LogP contribution in [0.4, 0.5) is 10.1 Å². The molecule has 0 atom stereocenters. The summed E-state index contributed by atoms with van der Waals surface area (Å²) in [5, 5.41) is 7.54. The maximum absolute atomic E-state index is 13.4. The molecular weight excluding hydrogens is 384 g/mol. The van der Waals surface area contributed by atoms with Crippen molar-refractivity contribution in [1.82, 2.24) is 10.6 Å². The van der Waals surface area contributed by atoms with Crippen molar-refractivity contribution in [2.24, 2.45) is 0 Å². The maximum atomic E-state index is 13.4. The largest absolute Gasteiger partial charge is 0.345 e. The van der Waals surface area contributed by atoms with Gasteiger partial charge in [-0.1, -0.05) is 35.3 Å². The molecule has 0 fully saturated rings. The van der Waals surface area contributed by atoms with Crippen molar-refractivity contribution < 1.29 is 18.8 Å². The van der Waals surface area contributed by atoms with Crippen LogP contribution in [0.25, 0.3) is 0 Å². The van der Waals surface area contributed by atoms with Gasteiger partial charge in [-0.15, -0.1) is 0 Å². The van der Waals surface area contributed by atoms with Gasteiger partial charge < -0.3 is 16.0 Å². The lowest BCUT2D eigenvalue weighted by atomic mass is 10.2. The van der Waals surface area contributed by atoms with E-state index in [1.165, 1.54) is 36.4 Å². The maximum Gasteiger partial charge on any atom is 0.253 e. The van der Waals surface area contributed by atoms with E-state index in [1.807, 2.05) is 0 Å². The number of hydrogen-bond acceptors (Lipinski definition) is 3. The molecule has 0 aromatic heterocycles. The molecule has 9 heteroatoms. The summed E-state index contributed by atoms with van der Waals surface area (Å²) in [6.07, 6.45) is 0. The average Bonchev–Trinajstić information content (AvgIpc) is 2.60. The number of rotatable bonds is 6. The van der Waals surface area contributed by atoms with E-state index in [1.54, 1.807) is 6.07 Å². The summed E-state index contributed by atoms with van der Waals surface area (Å²) in [7, 11) is 0. The predicted octanol–water partition coefficient (Wildman–Crippen LogP) is 2.62. The highest BCUT2D eigenvalue weighted by atomic mass is 35.5. The minimum absolute atomic E-state index is 0.0115. The first-order valence-electron chi connectivity index (χ1n) is 7.41. The molecule has 0 radical (unpaired) electrons. The quantitative estimate of drug-likeness (QED) is 0.699. The summed E-state index contributed by atoms with van der Waals surface area (Å²) >= 11 is 11.6. The standard InChI is InChI=1S/C17H14Cl2FN3O3/c18-10-5-6-11(12(19)7-10)17(26)22-8-15(24)21-9-16(25)23-14-4-2-1-3-13(14)20/h1-7H,8-9H2,(H,21,24)(H,22,26)(H,23,25). The van der Waals surface area contributed by atoms with Crippen molar-refractivity contribution in [3.63, 3.8) is 0 Å². The second kappa shape index (κ2) is 9.17. The predicted molar refractivity (Wildman–Crippen MR) is 96.8 cm³/mol. The summed E-state index contributed by atoms with van der Waals surface area (Å²) in [6.45, 7) is -0.727. The lowest BCUT2D eigenvalue weighted by Crippen LogP contribution is -2.40. The van der Waals surface area contributed by atoms with Gasteiger partial charge in [0.2, 0.25) is 11.8 Å². The van der Waals surface area contributed by atoms with E-state index in [2.05, 4.69) is 16.0 Å². The highest BCUT2D eigenvalue weighted by Crippen LogP contribution is 2.20. The zero-order valence-corrected chi connectivity index (χ0v) is 14.8. The molecule has 26 heavy (non-hydrogen) atoms. The van der Waals surface area contributed by atoms with Gasteiger partial charge >= 0.3 is 0 Å². The van der Waals surface area contributed by atoms with E-state index in [9.17, 15) is 18.8 Å². The molecule has 2 aromatic rings. The highest BCUT2D eigenvalue weighted by molar-refractivity contribution is 6.36. The first kappa shape index (κ1) is 19.7. The fourth-order valence-corrected chi connectivity index (χ4v) is 2.42. The minimum atomic E-state index is -0.601. The third-order valence-corrected chi connectivity index (χ3v) is 3.73. The molecule has 0 aliphatic rings. The number of anilines is 1. The number of para-hydroxylation sites is 1. The number of benzene rings is 2. The van der Waals surface area contributed by atoms with Crippen molar-refractivity contribution >= 4 is 46.6 Å². The molecule has 2 aromatic carbocycles. The van der Waals surface area contributed by atoms with Gasteiger partial charge in [-0.25, -0.2) is 4.39 Å². The van der Waals surface area contributed by atoms with Crippen molar-refractivity contribution in [2.45, 2.75) is 0 Å². The molecule has 0 saturated carbocycles. The molecule has 0 unspecified atom stereocenters. The van der Waals surface area contributed by atoms with Gasteiger partial charge in [0.25, 0.3) is 5.91 Å². The average molecular weight is 398 g/mol. The lowest BCUT2D eigenvalue weighted by molar-refractivity contribution is -0.123. The molecule has 2 rings (SSSR count). The van der Waals surface area contributed by atoms with Crippen LogP contribution in [-0.4, -0.2) is 30.8 Å². The highest BCUT2D eigenvalue weighted by Gasteiger charge is 2.13. The topological polar surface area (TPSA) is 87.3 Å². The first-order valence-corrected chi connectivity index (χ1v) is 8.16. The third kappa shape index (κ3) is 5.72. The van der Waals surface area contributed by atoms with Crippen LogP contribution >= 0.6 is 23.2 Å². The van der Waals surface area contributed by atoms with Crippen molar-refractivity contribution in [3.8, 4) is 0 Å². The molecule has 0 heterocycles. The van der Waals surface area contributed by atoms with Gasteiger partial charge in [-0.2, -0.15) is 0 Å². The molecule has 0 aliphatic heterocycles. The summed E-state index contributed by atoms with van der Waals surface area (Å²) < 4.78 is 13.4. The van der Waals surface area contributed by atoms with Crippen molar-refractivity contribution in [2.75, 3.05) is 18.4 Å². The normalized spacial score (nSPS) is 10.1. The van der Waals surface area contributed by atoms with E-state index >= 15 is 0 Å². The number of carbonyl (C=O) groups is 3. The van der Waals surface area contributed by atoms with Crippen LogP contribution in [-0.2, 0) is 9.59 Å². The number of nitrogens with one attached hydrogen (secondary N) is 3. The summed E-state index contributed by atoms with van der Waals surface area (Å²) in [4.78, 5) is 35.4. The molecule has 136 valence electrons. The van der Waals surface area contributed by atoms with E-state index in [4.69, 9.17) is 23.2 Å². The zero-order valence-electron chi connectivity index (χ0n) is 13.3. The van der Waals surface area contributed by atoms with Crippen LogP contribution in [0.2, 0.25) is 10.0 Å². The Morgan fingerprint density at radius 2 is 1.62 bits per heavy atom. The second-order valence-electron chi connectivity index (χ2n) is 5.11. The van der Waals surface area contributed by atoms with Gasteiger partial charge in [0.15, 0.2) is 0 Å². The number of amides is 3. The first-order chi connectivity index (χ1) is 12.4. The minimum Gasteiger partial charge on any atom is -0.345 e. The second-order valence-corrected chi connectivity index (χ2v) is 5.96. The summed E-state index contributed by atoms with van der Waals surface area (Å²) in [5.74, 6) is -2.33. The van der Waals surface area contributed by atoms with Crippen LogP contribution in [0.3, 0.4) is 0 Å². The van der Waals surface area contributed by atoms with Gasteiger partial charge in [0.1, 0.15) is 5.82 Å². The molecular formula is C17H14Cl2FN3O3. The molecule has 6 nitrogen and oxygen atoms in total. The van der Waals surface area contributed by atoms with E-state index in [-0.39, 0.29) is 29.4 Å². The summed E-state index contributed by atoms with van der Waals surface area (Å²) in [6, 6.07) is 9.98. The Balaban J connectivity index is 1.77. The van der Waals surface area contributed by atoms with Gasteiger partial charge in [0, 0.05) is 5.02 Å². The Morgan fingerprint density at radius 1 is 0.923 bits per heavy atom. The fraction of sp³-hybridized carbons (Fsp3) is 0.118. The molecule has 0 aliphatic carbocycles. The Bertz CT molecular complexity index is 846. The number of carbonyl (C=O) groups excluding carboxylic acids is 3. The van der Waals surface area contributed by atoms with Gasteiger partial charge in [-0.05, 0) is 30.3 Å². The Hall–Kier alpha value is -2.64. The van der Waals surface area contributed by atoms with Crippen LogP contribution in [0.15, 0.2) is 42.5 Å². The van der Waals surface area contributed by atoms with Gasteiger partial charge in [0.05, 0.1) is 29.4 Å². The Labute approximate surface area is 158 Å². The fourth-order valence-electron chi connectivity index (χ4n) is 1.93.